The van der Waals surface area contributed by atoms with Gasteiger partial charge in [0, 0.05) is 24.7 Å². The number of hydrogen-bond donors (Lipinski definition) is 2. The number of amides is 2. The molecule has 1 unspecified atom stereocenters. The summed E-state index contributed by atoms with van der Waals surface area (Å²) in [5.41, 5.74) is 11.4. The van der Waals surface area contributed by atoms with E-state index >= 15 is 0 Å². The van der Waals surface area contributed by atoms with E-state index in [1.54, 1.807) is 11.0 Å². The smallest absolute Gasteiger partial charge is 0.255 e. The zero-order valence-electron chi connectivity index (χ0n) is 15.1. The van der Waals surface area contributed by atoms with Gasteiger partial charge in [-0.25, -0.2) is 0 Å². The van der Waals surface area contributed by atoms with Gasteiger partial charge in [-0.2, -0.15) is 0 Å². The fourth-order valence-electron chi connectivity index (χ4n) is 2.86. The minimum atomic E-state index is -0.634. The quantitative estimate of drug-likeness (QED) is 0.776. The number of hydrogen-bond acceptors (Lipinski definition) is 5. The molecule has 1 aromatic rings. The number of rotatable bonds is 5. The van der Waals surface area contributed by atoms with Gasteiger partial charge in [-0.05, 0) is 24.0 Å². The van der Waals surface area contributed by atoms with Crippen LogP contribution in [0.15, 0.2) is 12.1 Å². The number of carbonyl (C=O) groups excluding carboxylic acids is 2. The van der Waals surface area contributed by atoms with Gasteiger partial charge in [0.2, 0.25) is 0 Å². The minimum Gasteiger partial charge on any atom is -0.493 e. The van der Waals surface area contributed by atoms with Gasteiger partial charge in [-0.3, -0.25) is 9.59 Å². The molecule has 4 N–H and O–H groups in total. The highest BCUT2D eigenvalue weighted by molar-refractivity contribution is 6.32. The third-order valence-electron chi connectivity index (χ3n) is 4.43. The maximum absolute atomic E-state index is 12.8. The topological polar surface area (TPSA) is 108 Å². The molecular weight excluding hydrogens is 381 g/mol. The van der Waals surface area contributed by atoms with Crippen molar-refractivity contribution in [1.29, 1.82) is 0 Å². The summed E-state index contributed by atoms with van der Waals surface area (Å²) in [5.74, 6) is -0.336. The van der Waals surface area contributed by atoms with Crippen molar-refractivity contribution >= 4 is 35.8 Å². The van der Waals surface area contributed by atoms with Crippen molar-refractivity contribution in [3.8, 4) is 11.5 Å². The molecule has 1 aromatic carbocycles. The first-order chi connectivity index (χ1) is 11.7. The lowest BCUT2D eigenvalue weighted by Gasteiger charge is -2.42. The third-order valence-corrected chi connectivity index (χ3v) is 4.72. The Balaban J connectivity index is 0.00000338. The van der Waals surface area contributed by atoms with E-state index in [1.807, 2.05) is 13.8 Å². The van der Waals surface area contributed by atoms with Crippen LogP contribution in [0.1, 0.15) is 30.6 Å². The summed E-state index contributed by atoms with van der Waals surface area (Å²) in [4.78, 5) is 25.5. The molecule has 1 aliphatic heterocycles. The Kier molecular flexibility index (Phi) is 7.56. The average Bonchev–Trinajstić information content (AvgIpc) is 2.54. The summed E-state index contributed by atoms with van der Waals surface area (Å²) in [7, 11) is 1.43. The highest BCUT2D eigenvalue weighted by Crippen LogP contribution is 2.37. The normalized spacial score (nSPS) is 18.7. The average molecular weight is 406 g/mol. The number of methoxy groups -OCH3 is 1. The second-order valence-corrected chi connectivity index (χ2v) is 7.26. The molecule has 1 atom stereocenters. The number of likely N-dealkylation sites (tertiary alicyclic amines) is 1. The summed E-state index contributed by atoms with van der Waals surface area (Å²) in [6.45, 7) is 4.91. The summed E-state index contributed by atoms with van der Waals surface area (Å²) in [5, 5.41) is 0.178. The second kappa shape index (κ2) is 8.79. The lowest BCUT2D eigenvalue weighted by Crippen LogP contribution is -2.54. The first kappa shape index (κ1) is 22.3. The summed E-state index contributed by atoms with van der Waals surface area (Å²) >= 11 is 6.21. The number of primary amides is 1. The van der Waals surface area contributed by atoms with Crippen molar-refractivity contribution in [1.82, 2.24) is 4.90 Å². The number of nitrogens with two attached hydrogens (primary N) is 2. The summed E-state index contributed by atoms with van der Waals surface area (Å²) in [6, 6.07) is 3.11. The molecule has 0 radical (unpaired) electrons. The maximum atomic E-state index is 12.8. The standard InChI is InChI=1S/C17H24ClN3O4.ClH/c1-17(2)9-21(5-4-13(17)19)16(23)10-6-11(18)15(12(7-10)24-3)25-8-14(20)22;/h6-7,13H,4-5,8-9,19H2,1-3H3,(H2,20,22);1H. The van der Waals surface area contributed by atoms with Crippen LogP contribution in [-0.2, 0) is 4.79 Å². The lowest BCUT2D eigenvalue weighted by molar-refractivity contribution is -0.119. The highest BCUT2D eigenvalue weighted by Gasteiger charge is 2.35. The first-order valence-electron chi connectivity index (χ1n) is 7.99. The molecule has 0 aromatic heterocycles. The van der Waals surface area contributed by atoms with Gasteiger partial charge in [-0.1, -0.05) is 25.4 Å². The highest BCUT2D eigenvalue weighted by atomic mass is 35.5. The Bertz CT molecular complexity index is 682. The van der Waals surface area contributed by atoms with E-state index in [-0.39, 0.29) is 52.9 Å². The van der Waals surface area contributed by atoms with Gasteiger partial charge in [0.05, 0.1) is 12.1 Å². The van der Waals surface area contributed by atoms with E-state index in [4.69, 9.17) is 32.5 Å². The molecule has 2 rings (SSSR count). The number of ether oxygens (including phenoxy) is 2. The van der Waals surface area contributed by atoms with Crippen LogP contribution in [0.5, 0.6) is 11.5 Å². The summed E-state index contributed by atoms with van der Waals surface area (Å²) in [6.07, 6.45) is 0.739. The number of nitrogens with zero attached hydrogens (tertiary/aromatic N) is 1. The fourth-order valence-corrected chi connectivity index (χ4v) is 3.12. The van der Waals surface area contributed by atoms with E-state index < -0.39 is 5.91 Å². The fraction of sp³-hybridized carbons (Fsp3) is 0.529. The van der Waals surface area contributed by atoms with E-state index in [9.17, 15) is 9.59 Å². The van der Waals surface area contributed by atoms with E-state index in [1.165, 1.54) is 13.2 Å². The molecular formula is C17H25Cl2N3O4. The molecule has 146 valence electrons. The molecule has 0 saturated carbocycles. The zero-order chi connectivity index (χ0) is 18.8. The van der Waals surface area contributed by atoms with Crippen molar-refractivity contribution in [2.24, 2.45) is 16.9 Å². The van der Waals surface area contributed by atoms with Crippen LogP contribution < -0.4 is 20.9 Å². The Labute approximate surface area is 164 Å². The van der Waals surface area contributed by atoms with Crippen LogP contribution in [0.25, 0.3) is 0 Å². The SMILES string of the molecule is COc1cc(C(=O)N2CCC(N)C(C)(C)C2)cc(Cl)c1OCC(N)=O.Cl. The van der Waals surface area contributed by atoms with Gasteiger partial charge < -0.3 is 25.8 Å². The van der Waals surface area contributed by atoms with E-state index in [0.717, 1.165) is 6.42 Å². The molecule has 1 saturated heterocycles. The number of benzene rings is 1. The largest absolute Gasteiger partial charge is 0.493 e. The molecule has 0 bridgehead atoms. The van der Waals surface area contributed by atoms with Crippen molar-refractivity contribution in [2.75, 3.05) is 26.8 Å². The molecule has 1 fully saturated rings. The van der Waals surface area contributed by atoms with Gasteiger partial charge in [0.15, 0.2) is 18.1 Å². The van der Waals surface area contributed by atoms with Crippen molar-refractivity contribution in [3.05, 3.63) is 22.7 Å². The van der Waals surface area contributed by atoms with Gasteiger partial charge in [0.25, 0.3) is 11.8 Å². The van der Waals surface area contributed by atoms with Crippen LogP contribution in [0.4, 0.5) is 0 Å². The molecule has 0 aliphatic carbocycles. The summed E-state index contributed by atoms with van der Waals surface area (Å²) < 4.78 is 10.5. The van der Waals surface area contributed by atoms with Crippen LogP contribution in [0, 0.1) is 5.41 Å². The predicted molar refractivity (Wildman–Crippen MR) is 102 cm³/mol. The van der Waals surface area contributed by atoms with Crippen molar-refractivity contribution in [2.45, 2.75) is 26.3 Å². The van der Waals surface area contributed by atoms with Gasteiger partial charge >= 0.3 is 0 Å². The molecule has 1 heterocycles. The Morgan fingerprint density at radius 2 is 2.04 bits per heavy atom. The van der Waals surface area contributed by atoms with Crippen molar-refractivity contribution < 1.29 is 19.1 Å². The third kappa shape index (κ3) is 4.93. The van der Waals surface area contributed by atoms with Gasteiger partial charge in [-0.15, -0.1) is 12.4 Å². The zero-order valence-corrected chi connectivity index (χ0v) is 16.7. The monoisotopic (exact) mass is 405 g/mol. The minimum absolute atomic E-state index is 0. The molecule has 7 nitrogen and oxygen atoms in total. The Morgan fingerprint density at radius 3 is 2.58 bits per heavy atom. The van der Waals surface area contributed by atoms with Crippen LogP contribution in [-0.4, -0.2) is 49.6 Å². The van der Waals surface area contributed by atoms with Crippen LogP contribution in [0.3, 0.4) is 0 Å². The van der Waals surface area contributed by atoms with Crippen LogP contribution in [0.2, 0.25) is 5.02 Å². The molecule has 2 amide bonds. The molecule has 1 aliphatic rings. The lowest BCUT2D eigenvalue weighted by atomic mass is 9.79. The van der Waals surface area contributed by atoms with E-state index in [0.29, 0.717) is 18.7 Å². The Morgan fingerprint density at radius 1 is 1.38 bits per heavy atom. The van der Waals surface area contributed by atoms with E-state index in [2.05, 4.69) is 0 Å². The van der Waals surface area contributed by atoms with Gasteiger partial charge in [0.1, 0.15) is 0 Å². The van der Waals surface area contributed by atoms with Crippen molar-refractivity contribution in [3.63, 3.8) is 0 Å². The number of piperidine rings is 1. The molecule has 26 heavy (non-hydrogen) atoms. The first-order valence-corrected chi connectivity index (χ1v) is 8.37. The van der Waals surface area contributed by atoms with Crippen LogP contribution >= 0.6 is 24.0 Å². The second-order valence-electron chi connectivity index (χ2n) is 6.85. The molecule has 9 heteroatoms. The maximum Gasteiger partial charge on any atom is 0.255 e. The predicted octanol–water partition coefficient (Wildman–Crippen LogP) is 1.83. The Hall–Kier alpha value is -1.70. The number of halogens is 2. The number of carbonyl (C=O) groups is 2. The molecule has 0 spiro atoms.